The van der Waals surface area contributed by atoms with Crippen LogP contribution in [0.15, 0.2) is 23.6 Å². The largest absolute Gasteiger partial charge is 0.322 e. The summed E-state index contributed by atoms with van der Waals surface area (Å²) in [5.74, 6) is -0.196. The number of piperazine rings is 1. The second-order valence-corrected chi connectivity index (χ2v) is 8.63. The maximum absolute atomic E-state index is 12.4. The topological polar surface area (TPSA) is 35.6 Å². The third kappa shape index (κ3) is 5.04. The zero-order valence-corrected chi connectivity index (χ0v) is 17.6. The van der Waals surface area contributed by atoms with Gasteiger partial charge in [-0.2, -0.15) is 0 Å². The highest BCUT2D eigenvalue weighted by Gasteiger charge is 2.21. The fourth-order valence-electron chi connectivity index (χ4n) is 2.79. The molecule has 1 aromatic carbocycles. The Balaban J connectivity index is 1.52. The van der Waals surface area contributed by atoms with E-state index in [-0.39, 0.29) is 38.2 Å². The average molecular weight is 453 g/mol. The van der Waals surface area contributed by atoms with Crippen LogP contribution >= 0.6 is 57.7 Å². The quantitative estimate of drug-likeness (QED) is 0.639. The number of hydrogen-bond acceptors (Lipinski definition) is 4. The van der Waals surface area contributed by atoms with Crippen molar-refractivity contribution in [3.63, 3.8) is 0 Å². The zero-order chi connectivity index (χ0) is 18.7. The molecule has 2 heterocycles. The number of rotatable bonds is 5. The molecule has 0 radical (unpaired) electrons. The van der Waals surface area contributed by atoms with Crippen LogP contribution in [0.3, 0.4) is 0 Å². The van der Waals surface area contributed by atoms with E-state index in [2.05, 4.69) is 32.6 Å². The van der Waals surface area contributed by atoms with Crippen LogP contribution in [0.1, 0.15) is 4.88 Å². The first kappa shape index (κ1) is 20.2. The maximum Gasteiger partial charge on any atom is 0.238 e. The molecule has 1 amide bonds. The average Bonchev–Trinajstić information content (AvgIpc) is 3.12. The minimum atomic E-state index is -0.196. The van der Waals surface area contributed by atoms with Crippen LogP contribution in [0.25, 0.3) is 0 Å². The predicted molar refractivity (Wildman–Crippen MR) is 111 cm³/mol. The molecule has 2 aromatic rings. The van der Waals surface area contributed by atoms with E-state index < -0.39 is 0 Å². The smallest absolute Gasteiger partial charge is 0.238 e. The van der Waals surface area contributed by atoms with Gasteiger partial charge >= 0.3 is 0 Å². The van der Waals surface area contributed by atoms with Gasteiger partial charge in [-0.25, -0.2) is 0 Å². The molecule has 0 spiro atoms. The van der Waals surface area contributed by atoms with E-state index in [0.717, 1.165) is 32.7 Å². The Hall–Kier alpha value is -0.530. The Morgan fingerprint density at radius 2 is 1.65 bits per heavy atom. The SMILES string of the molecule is O=C(CN1CCN(Cc2cccs2)CC1)Nc1c(Cl)c(Cl)cc(Cl)c1Cl. The number of nitrogens with zero attached hydrogens (tertiary/aromatic N) is 2. The van der Waals surface area contributed by atoms with E-state index in [9.17, 15) is 4.79 Å². The summed E-state index contributed by atoms with van der Waals surface area (Å²) in [4.78, 5) is 18.2. The van der Waals surface area contributed by atoms with Crippen molar-refractivity contribution in [3.8, 4) is 0 Å². The minimum absolute atomic E-state index is 0.190. The van der Waals surface area contributed by atoms with Crippen molar-refractivity contribution in [2.75, 3.05) is 38.0 Å². The van der Waals surface area contributed by atoms with Gasteiger partial charge in [-0.05, 0) is 17.5 Å². The predicted octanol–water partition coefficient (Wildman–Crippen LogP) is 5.12. The fourth-order valence-corrected chi connectivity index (χ4v) is 4.44. The maximum atomic E-state index is 12.4. The lowest BCUT2D eigenvalue weighted by Crippen LogP contribution is -2.48. The van der Waals surface area contributed by atoms with Gasteiger partial charge in [0.2, 0.25) is 5.91 Å². The standard InChI is InChI=1S/C17H17Cl4N3OS/c18-12-8-13(19)16(21)17(15(12)20)22-14(25)10-24-5-3-23(4-6-24)9-11-2-1-7-26-11/h1-2,7-8H,3-6,9-10H2,(H,22,25). The van der Waals surface area contributed by atoms with Gasteiger partial charge in [0.15, 0.2) is 0 Å². The lowest BCUT2D eigenvalue weighted by Gasteiger charge is -2.34. The molecule has 0 bridgehead atoms. The molecule has 0 saturated carbocycles. The number of carbonyl (C=O) groups is 1. The molecule has 0 atom stereocenters. The first-order valence-corrected chi connectivity index (χ1v) is 10.4. The summed E-state index contributed by atoms with van der Waals surface area (Å²) >= 11 is 26.0. The van der Waals surface area contributed by atoms with Gasteiger partial charge in [0.1, 0.15) is 0 Å². The van der Waals surface area contributed by atoms with Crippen LogP contribution in [0.5, 0.6) is 0 Å². The van der Waals surface area contributed by atoms with E-state index in [0.29, 0.717) is 0 Å². The van der Waals surface area contributed by atoms with E-state index in [1.807, 2.05) is 0 Å². The van der Waals surface area contributed by atoms with Crippen molar-refractivity contribution in [1.82, 2.24) is 9.80 Å². The Kier molecular flexibility index (Phi) is 7.08. The second-order valence-electron chi connectivity index (χ2n) is 6.02. The number of anilines is 1. The number of amides is 1. The van der Waals surface area contributed by atoms with Crippen molar-refractivity contribution in [1.29, 1.82) is 0 Å². The van der Waals surface area contributed by atoms with E-state index in [1.54, 1.807) is 11.3 Å². The molecule has 1 saturated heterocycles. The summed E-state index contributed by atoms with van der Waals surface area (Å²) in [6.07, 6.45) is 0. The fraction of sp³-hybridized carbons (Fsp3) is 0.353. The highest BCUT2D eigenvalue weighted by Crippen LogP contribution is 2.40. The molecule has 9 heteroatoms. The van der Waals surface area contributed by atoms with E-state index in [4.69, 9.17) is 46.4 Å². The molecule has 26 heavy (non-hydrogen) atoms. The Morgan fingerprint density at radius 1 is 1.04 bits per heavy atom. The number of hydrogen-bond donors (Lipinski definition) is 1. The molecule has 4 nitrogen and oxygen atoms in total. The minimum Gasteiger partial charge on any atom is -0.322 e. The molecule has 1 fully saturated rings. The first-order valence-electron chi connectivity index (χ1n) is 8.04. The summed E-state index contributed by atoms with van der Waals surface area (Å²) in [5, 5.41) is 5.70. The van der Waals surface area contributed by atoms with Gasteiger partial charge in [-0.1, -0.05) is 52.5 Å². The molecule has 3 rings (SSSR count). The molecular formula is C17H17Cl4N3OS. The molecule has 1 aliphatic heterocycles. The Morgan fingerprint density at radius 3 is 2.23 bits per heavy atom. The van der Waals surface area contributed by atoms with Gasteiger partial charge in [-0.15, -0.1) is 11.3 Å². The molecule has 1 N–H and O–H groups in total. The van der Waals surface area contributed by atoms with Crippen LogP contribution in [-0.2, 0) is 11.3 Å². The van der Waals surface area contributed by atoms with Gasteiger partial charge in [0, 0.05) is 37.6 Å². The van der Waals surface area contributed by atoms with Crippen LogP contribution in [0.2, 0.25) is 20.1 Å². The molecule has 1 aliphatic rings. The Labute approximate surface area is 176 Å². The number of nitrogens with one attached hydrogen (secondary N) is 1. The lowest BCUT2D eigenvalue weighted by molar-refractivity contribution is -0.117. The van der Waals surface area contributed by atoms with Crippen molar-refractivity contribution in [2.24, 2.45) is 0 Å². The zero-order valence-electron chi connectivity index (χ0n) is 13.8. The van der Waals surface area contributed by atoms with Gasteiger partial charge in [0.05, 0.1) is 32.3 Å². The van der Waals surface area contributed by atoms with Crippen molar-refractivity contribution in [3.05, 3.63) is 48.5 Å². The first-order chi connectivity index (χ1) is 12.4. The number of halogens is 4. The van der Waals surface area contributed by atoms with Crippen molar-refractivity contribution in [2.45, 2.75) is 6.54 Å². The molecule has 1 aromatic heterocycles. The third-order valence-electron chi connectivity index (χ3n) is 4.17. The molecule has 0 aliphatic carbocycles. The van der Waals surface area contributed by atoms with Crippen molar-refractivity contribution < 1.29 is 4.79 Å². The van der Waals surface area contributed by atoms with Gasteiger partial charge < -0.3 is 5.32 Å². The summed E-state index contributed by atoms with van der Waals surface area (Å²) in [5.41, 5.74) is 0.257. The highest BCUT2D eigenvalue weighted by atomic mass is 35.5. The number of benzene rings is 1. The second kappa shape index (κ2) is 9.11. The monoisotopic (exact) mass is 451 g/mol. The molecule has 140 valence electrons. The van der Waals surface area contributed by atoms with Gasteiger partial charge in [-0.3, -0.25) is 14.6 Å². The van der Waals surface area contributed by atoms with Crippen LogP contribution in [0.4, 0.5) is 5.69 Å². The summed E-state index contributed by atoms with van der Waals surface area (Å²) in [6.45, 7) is 4.74. The third-order valence-corrected chi connectivity index (χ3v) is 6.60. The Bertz CT molecular complexity index is 751. The van der Waals surface area contributed by atoms with Crippen LogP contribution in [0, 0.1) is 0 Å². The van der Waals surface area contributed by atoms with E-state index >= 15 is 0 Å². The number of carbonyl (C=O) groups excluding carboxylic acids is 1. The normalized spacial score (nSPS) is 16.0. The lowest BCUT2D eigenvalue weighted by atomic mass is 10.2. The summed E-state index contributed by atoms with van der Waals surface area (Å²) in [7, 11) is 0. The van der Waals surface area contributed by atoms with Crippen LogP contribution in [-0.4, -0.2) is 48.4 Å². The number of thiophene rings is 1. The highest BCUT2D eigenvalue weighted by molar-refractivity contribution is 7.09. The van der Waals surface area contributed by atoms with Crippen molar-refractivity contribution >= 4 is 69.3 Å². The van der Waals surface area contributed by atoms with Crippen LogP contribution < -0.4 is 5.32 Å². The van der Waals surface area contributed by atoms with Gasteiger partial charge in [0.25, 0.3) is 0 Å². The van der Waals surface area contributed by atoms with E-state index in [1.165, 1.54) is 10.9 Å². The molecular weight excluding hydrogens is 436 g/mol. The summed E-state index contributed by atoms with van der Waals surface area (Å²) < 4.78 is 0. The molecule has 0 unspecified atom stereocenters. The summed E-state index contributed by atoms with van der Waals surface area (Å²) in [6, 6.07) is 5.67.